The fraction of sp³-hybridized carbons (Fsp3) is 0.391. The summed E-state index contributed by atoms with van der Waals surface area (Å²) in [5.41, 5.74) is 2.57. The smallest absolute Gasteiger partial charge is 0.258 e. The van der Waals surface area contributed by atoms with Crippen molar-refractivity contribution >= 4 is 28.5 Å². The van der Waals surface area contributed by atoms with E-state index in [0.717, 1.165) is 35.4 Å². The number of nitrogens with one attached hydrogen (secondary N) is 3. The molecule has 0 unspecified atom stereocenters. The van der Waals surface area contributed by atoms with Gasteiger partial charge < -0.3 is 25.1 Å². The first kappa shape index (κ1) is 22.9. The number of methoxy groups -OCH3 is 1. The Hall–Kier alpha value is -2.77. The van der Waals surface area contributed by atoms with Gasteiger partial charge in [-0.3, -0.25) is 4.79 Å². The van der Waals surface area contributed by atoms with Gasteiger partial charge in [0.15, 0.2) is 18.1 Å². The zero-order chi connectivity index (χ0) is 22.4. The number of fused-ring (bicyclic) bond motifs is 1. The molecule has 3 rings (SSSR count). The highest BCUT2D eigenvalue weighted by Crippen LogP contribution is 2.33. The lowest BCUT2D eigenvalue weighted by Gasteiger charge is -2.21. The van der Waals surface area contributed by atoms with Gasteiger partial charge in [0.1, 0.15) is 5.82 Å². The third kappa shape index (κ3) is 6.60. The normalized spacial score (nSPS) is 11.5. The summed E-state index contributed by atoms with van der Waals surface area (Å²) in [4.78, 5) is 19.9. The van der Waals surface area contributed by atoms with Crippen molar-refractivity contribution in [1.29, 1.82) is 0 Å². The van der Waals surface area contributed by atoms with E-state index in [9.17, 15) is 4.79 Å². The Morgan fingerprint density at radius 2 is 1.97 bits per heavy atom. The summed E-state index contributed by atoms with van der Waals surface area (Å²) in [6, 6.07) is 11.5. The average Bonchev–Trinajstić information content (AvgIpc) is 3.12. The molecule has 0 atom stereocenters. The maximum Gasteiger partial charge on any atom is 0.258 e. The number of rotatable bonds is 9. The van der Waals surface area contributed by atoms with Gasteiger partial charge in [0.25, 0.3) is 5.91 Å². The van der Waals surface area contributed by atoms with E-state index in [0.29, 0.717) is 23.1 Å². The van der Waals surface area contributed by atoms with Crippen molar-refractivity contribution in [1.82, 2.24) is 20.6 Å². The molecule has 8 heteroatoms. The Bertz CT molecular complexity index is 1010. The number of benzene rings is 2. The molecule has 0 spiro atoms. The summed E-state index contributed by atoms with van der Waals surface area (Å²) >= 11 is 6.43. The van der Waals surface area contributed by atoms with Crippen LogP contribution in [0.2, 0.25) is 5.02 Å². The molecule has 1 amide bonds. The van der Waals surface area contributed by atoms with Crippen LogP contribution >= 0.6 is 11.6 Å². The summed E-state index contributed by atoms with van der Waals surface area (Å²) in [5.74, 6) is 1.70. The fourth-order valence-electron chi connectivity index (χ4n) is 3.14. The van der Waals surface area contributed by atoms with Crippen LogP contribution in [0.25, 0.3) is 11.0 Å². The number of hydrogen-bond donors (Lipinski definition) is 3. The number of aromatic nitrogens is 2. The van der Waals surface area contributed by atoms with E-state index < -0.39 is 0 Å². The average molecular weight is 445 g/mol. The van der Waals surface area contributed by atoms with E-state index in [1.54, 1.807) is 13.2 Å². The largest absolute Gasteiger partial charge is 0.493 e. The first-order valence-electron chi connectivity index (χ1n) is 10.2. The summed E-state index contributed by atoms with van der Waals surface area (Å²) in [7, 11) is 1.56. The van der Waals surface area contributed by atoms with Crippen molar-refractivity contribution in [2.75, 3.05) is 20.3 Å². The molecule has 166 valence electrons. The molecule has 0 aliphatic heterocycles. The Kier molecular flexibility index (Phi) is 7.41. The molecule has 0 radical (unpaired) electrons. The Balaban J connectivity index is 1.54. The van der Waals surface area contributed by atoms with Gasteiger partial charge in [0.05, 0.1) is 18.1 Å². The molecule has 0 bridgehead atoms. The molecule has 3 aromatic rings. The molecule has 2 aromatic carbocycles. The predicted octanol–water partition coefficient (Wildman–Crippen LogP) is 3.85. The molecule has 31 heavy (non-hydrogen) atoms. The van der Waals surface area contributed by atoms with Gasteiger partial charge in [-0.2, -0.15) is 0 Å². The van der Waals surface area contributed by atoms with Crippen LogP contribution in [-0.2, 0) is 17.8 Å². The number of ether oxygens (including phenoxy) is 2. The van der Waals surface area contributed by atoms with Gasteiger partial charge >= 0.3 is 0 Å². The molecule has 0 saturated heterocycles. The number of amides is 1. The van der Waals surface area contributed by atoms with E-state index in [1.165, 1.54) is 0 Å². The van der Waals surface area contributed by atoms with Crippen molar-refractivity contribution < 1.29 is 14.3 Å². The number of para-hydroxylation sites is 2. The first-order valence-corrected chi connectivity index (χ1v) is 10.6. The second kappa shape index (κ2) is 10.0. The van der Waals surface area contributed by atoms with Crippen LogP contribution in [0.15, 0.2) is 36.4 Å². The van der Waals surface area contributed by atoms with Crippen LogP contribution < -0.4 is 20.1 Å². The minimum absolute atomic E-state index is 0.112. The van der Waals surface area contributed by atoms with E-state index in [-0.39, 0.29) is 18.1 Å². The first-order chi connectivity index (χ1) is 14.7. The number of carbonyl (C=O) groups excluding carboxylic acids is 1. The number of H-pyrrole nitrogens is 1. The van der Waals surface area contributed by atoms with Gasteiger partial charge in [0, 0.05) is 36.1 Å². The van der Waals surface area contributed by atoms with Crippen molar-refractivity contribution in [3.63, 3.8) is 0 Å². The van der Waals surface area contributed by atoms with Crippen molar-refractivity contribution in [3.8, 4) is 11.5 Å². The van der Waals surface area contributed by atoms with Crippen molar-refractivity contribution in [2.24, 2.45) is 0 Å². The SMILES string of the molecule is COc1cc(CNCCc2nc3ccccc3[nH]2)c(Cl)cc1OCC(=O)NC(C)(C)C. The summed E-state index contributed by atoms with van der Waals surface area (Å²) in [5, 5.41) is 6.78. The molecule has 0 aliphatic rings. The minimum Gasteiger partial charge on any atom is -0.493 e. The number of aromatic amines is 1. The highest BCUT2D eigenvalue weighted by molar-refractivity contribution is 6.31. The van der Waals surface area contributed by atoms with E-state index in [4.69, 9.17) is 21.1 Å². The van der Waals surface area contributed by atoms with Crippen LogP contribution in [-0.4, -0.2) is 41.7 Å². The molecule has 1 aromatic heterocycles. The molecule has 0 aliphatic carbocycles. The van der Waals surface area contributed by atoms with Gasteiger partial charge in [-0.05, 0) is 44.5 Å². The van der Waals surface area contributed by atoms with Gasteiger partial charge in [-0.15, -0.1) is 0 Å². The van der Waals surface area contributed by atoms with Crippen molar-refractivity contribution in [2.45, 2.75) is 39.3 Å². The monoisotopic (exact) mass is 444 g/mol. The van der Waals surface area contributed by atoms with E-state index >= 15 is 0 Å². The second-order valence-electron chi connectivity index (χ2n) is 8.31. The Labute approximate surface area is 187 Å². The predicted molar refractivity (Wildman–Crippen MR) is 123 cm³/mol. The number of hydrogen-bond acceptors (Lipinski definition) is 5. The minimum atomic E-state index is -0.319. The lowest BCUT2D eigenvalue weighted by Crippen LogP contribution is -2.43. The molecular formula is C23H29ClN4O3. The molecule has 1 heterocycles. The Morgan fingerprint density at radius 1 is 1.19 bits per heavy atom. The zero-order valence-electron chi connectivity index (χ0n) is 18.3. The third-order valence-electron chi connectivity index (χ3n) is 4.50. The van der Waals surface area contributed by atoms with Gasteiger partial charge in [0.2, 0.25) is 0 Å². The van der Waals surface area contributed by atoms with E-state index in [2.05, 4.69) is 20.6 Å². The third-order valence-corrected chi connectivity index (χ3v) is 4.85. The van der Waals surface area contributed by atoms with Crippen molar-refractivity contribution in [3.05, 3.63) is 52.8 Å². The highest BCUT2D eigenvalue weighted by Gasteiger charge is 2.16. The molecule has 3 N–H and O–H groups in total. The Morgan fingerprint density at radius 3 is 2.68 bits per heavy atom. The molecular weight excluding hydrogens is 416 g/mol. The summed E-state index contributed by atoms with van der Waals surface area (Å²) in [6.07, 6.45) is 0.771. The quantitative estimate of drug-likeness (QED) is 0.436. The maximum atomic E-state index is 12.0. The standard InChI is InChI=1S/C23H29ClN4O3/c1-23(2,3)28-22(29)14-31-20-12-16(24)15(11-19(20)30-4)13-25-10-9-21-26-17-7-5-6-8-18(17)27-21/h5-8,11-12,25H,9-10,13-14H2,1-4H3,(H,26,27)(H,28,29). The zero-order valence-corrected chi connectivity index (χ0v) is 19.1. The maximum absolute atomic E-state index is 12.0. The van der Waals surface area contributed by atoms with Gasteiger partial charge in [-0.1, -0.05) is 23.7 Å². The number of nitrogens with zero attached hydrogens (tertiary/aromatic N) is 1. The highest BCUT2D eigenvalue weighted by atomic mass is 35.5. The fourth-order valence-corrected chi connectivity index (χ4v) is 3.36. The summed E-state index contributed by atoms with van der Waals surface area (Å²) < 4.78 is 11.1. The molecule has 0 saturated carbocycles. The van der Waals surface area contributed by atoms with Crippen LogP contribution in [0.4, 0.5) is 0 Å². The van der Waals surface area contributed by atoms with E-state index in [1.807, 2.05) is 51.1 Å². The second-order valence-corrected chi connectivity index (χ2v) is 8.72. The lowest BCUT2D eigenvalue weighted by atomic mass is 10.1. The van der Waals surface area contributed by atoms with Gasteiger partial charge in [-0.25, -0.2) is 4.98 Å². The lowest BCUT2D eigenvalue weighted by molar-refractivity contribution is -0.124. The van der Waals surface area contributed by atoms with Crippen LogP contribution in [0.3, 0.4) is 0 Å². The van der Waals surface area contributed by atoms with Crippen LogP contribution in [0, 0.1) is 0 Å². The number of halogens is 1. The molecule has 0 fully saturated rings. The number of imidazole rings is 1. The van der Waals surface area contributed by atoms with Crippen LogP contribution in [0.5, 0.6) is 11.5 Å². The topological polar surface area (TPSA) is 88.3 Å². The number of carbonyl (C=O) groups is 1. The van der Waals surface area contributed by atoms with Crippen LogP contribution in [0.1, 0.15) is 32.2 Å². The molecule has 7 nitrogen and oxygen atoms in total. The summed E-state index contributed by atoms with van der Waals surface area (Å²) in [6.45, 7) is 6.94.